The van der Waals surface area contributed by atoms with E-state index >= 15 is 0 Å². The summed E-state index contributed by atoms with van der Waals surface area (Å²) in [6.07, 6.45) is 9.35. The van der Waals surface area contributed by atoms with E-state index in [-0.39, 0.29) is 6.04 Å². The van der Waals surface area contributed by atoms with Gasteiger partial charge in [0.05, 0.1) is 24.1 Å². The maximum absolute atomic E-state index is 4.80. The zero-order chi connectivity index (χ0) is 16.5. The third-order valence-corrected chi connectivity index (χ3v) is 4.25. The summed E-state index contributed by atoms with van der Waals surface area (Å²) in [6, 6.07) is 2.14. The fraction of sp³-hybridized carbons (Fsp3) is 0.353. The molecule has 1 fully saturated rings. The molecule has 1 aliphatic heterocycles. The van der Waals surface area contributed by atoms with E-state index in [4.69, 9.17) is 4.98 Å². The molecule has 0 amide bonds. The second kappa shape index (κ2) is 5.99. The van der Waals surface area contributed by atoms with Crippen LogP contribution in [0.3, 0.4) is 0 Å². The van der Waals surface area contributed by atoms with Crippen LogP contribution in [0.15, 0.2) is 30.9 Å². The minimum absolute atomic E-state index is 0.183. The van der Waals surface area contributed by atoms with Crippen molar-refractivity contribution in [3.63, 3.8) is 0 Å². The highest BCUT2D eigenvalue weighted by Gasteiger charge is 2.29. The lowest BCUT2D eigenvalue weighted by Gasteiger charge is -2.25. The highest BCUT2D eigenvalue weighted by Crippen LogP contribution is 2.34. The van der Waals surface area contributed by atoms with Gasteiger partial charge in [-0.1, -0.05) is 0 Å². The van der Waals surface area contributed by atoms with Crippen LogP contribution in [0.1, 0.15) is 36.1 Å². The number of aromatic amines is 1. The Morgan fingerprint density at radius 3 is 2.83 bits per heavy atom. The Morgan fingerprint density at radius 2 is 2.04 bits per heavy atom. The maximum Gasteiger partial charge on any atom is 0.157 e. The quantitative estimate of drug-likeness (QED) is 0.798. The highest BCUT2D eigenvalue weighted by molar-refractivity contribution is 5.49. The van der Waals surface area contributed by atoms with Gasteiger partial charge < -0.3 is 9.88 Å². The molecule has 1 aliphatic rings. The molecule has 3 aromatic heterocycles. The zero-order valence-electron chi connectivity index (χ0n) is 13.8. The van der Waals surface area contributed by atoms with Gasteiger partial charge in [-0.15, -0.1) is 0 Å². The Balaban J connectivity index is 1.67. The molecule has 1 atom stereocenters. The number of rotatable bonds is 3. The van der Waals surface area contributed by atoms with Gasteiger partial charge in [-0.3, -0.25) is 4.98 Å². The van der Waals surface area contributed by atoms with Crippen LogP contribution < -0.4 is 4.90 Å². The summed E-state index contributed by atoms with van der Waals surface area (Å²) in [7, 11) is 0. The van der Waals surface area contributed by atoms with Gasteiger partial charge in [0.15, 0.2) is 5.82 Å². The molecule has 7 nitrogen and oxygen atoms in total. The first-order valence-electron chi connectivity index (χ1n) is 8.11. The van der Waals surface area contributed by atoms with Crippen molar-refractivity contribution in [2.75, 3.05) is 11.4 Å². The fourth-order valence-corrected chi connectivity index (χ4v) is 3.15. The minimum atomic E-state index is 0.183. The van der Waals surface area contributed by atoms with Gasteiger partial charge >= 0.3 is 0 Å². The molecule has 0 bridgehead atoms. The first-order chi connectivity index (χ1) is 11.7. The largest absolute Gasteiger partial charge is 0.348 e. The monoisotopic (exact) mass is 321 g/mol. The van der Waals surface area contributed by atoms with Gasteiger partial charge in [0.1, 0.15) is 17.3 Å². The van der Waals surface area contributed by atoms with Crippen molar-refractivity contribution >= 4 is 5.82 Å². The highest BCUT2D eigenvalue weighted by atomic mass is 15.2. The number of nitrogens with zero attached hydrogens (tertiary/aromatic N) is 6. The van der Waals surface area contributed by atoms with Gasteiger partial charge in [0, 0.05) is 24.6 Å². The van der Waals surface area contributed by atoms with Crippen LogP contribution in [0, 0.1) is 13.8 Å². The number of hydrogen-bond acceptors (Lipinski definition) is 6. The smallest absolute Gasteiger partial charge is 0.157 e. The predicted molar refractivity (Wildman–Crippen MR) is 90.4 cm³/mol. The van der Waals surface area contributed by atoms with Crippen LogP contribution >= 0.6 is 0 Å². The number of aryl methyl sites for hydroxylation is 2. The molecule has 1 saturated heterocycles. The Hall–Kier alpha value is -2.83. The SMILES string of the molecule is Cc1nccc(N2CCC[C@H]2c2cncc(-c3ncc(C)[nH]3)n2)n1. The van der Waals surface area contributed by atoms with Crippen molar-refractivity contribution in [2.45, 2.75) is 32.7 Å². The van der Waals surface area contributed by atoms with Gasteiger partial charge in [0.25, 0.3) is 0 Å². The molecule has 122 valence electrons. The molecule has 24 heavy (non-hydrogen) atoms. The molecular weight excluding hydrogens is 302 g/mol. The molecule has 0 aromatic carbocycles. The van der Waals surface area contributed by atoms with E-state index in [1.807, 2.05) is 26.1 Å². The lowest BCUT2D eigenvalue weighted by molar-refractivity contribution is 0.681. The molecule has 1 N–H and O–H groups in total. The summed E-state index contributed by atoms with van der Waals surface area (Å²) >= 11 is 0. The molecular formula is C17H19N7. The topological polar surface area (TPSA) is 83.5 Å². The molecule has 0 spiro atoms. The van der Waals surface area contributed by atoms with Gasteiger partial charge in [-0.25, -0.2) is 19.9 Å². The van der Waals surface area contributed by atoms with Crippen LogP contribution in [0.25, 0.3) is 11.5 Å². The first-order valence-corrected chi connectivity index (χ1v) is 8.11. The molecule has 0 radical (unpaired) electrons. The Labute approximate surface area is 140 Å². The number of imidazole rings is 1. The summed E-state index contributed by atoms with van der Waals surface area (Å²) in [6.45, 7) is 4.85. The van der Waals surface area contributed by atoms with Crippen LogP contribution in [0.5, 0.6) is 0 Å². The molecule has 4 rings (SSSR count). The van der Waals surface area contributed by atoms with Crippen molar-refractivity contribution in [2.24, 2.45) is 0 Å². The molecule has 0 aliphatic carbocycles. The summed E-state index contributed by atoms with van der Waals surface area (Å²) in [5.74, 6) is 2.49. The van der Waals surface area contributed by atoms with Crippen LogP contribution in [-0.4, -0.2) is 36.4 Å². The van der Waals surface area contributed by atoms with Crippen LogP contribution in [-0.2, 0) is 0 Å². The van der Waals surface area contributed by atoms with E-state index in [9.17, 15) is 0 Å². The van der Waals surface area contributed by atoms with Crippen molar-refractivity contribution in [1.82, 2.24) is 29.9 Å². The van der Waals surface area contributed by atoms with Crippen molar-refractivity contribution in [1.29, 1.82) is 0 Å². The Kier molecular flexibility index (Phi) is 3.68. The van der Waals surface area contributed by atoms with E-state index < -0.39 is 0 Å². The van der Waals surface area contributed by atoms with E-state index in [0.29, 0.717) is 0 Å². The zero-order valence-corrected chi connectivity index (χ0v) is 13.8. The second-order valence-electron chi connectivity index (χ2n) is 6.06. The lowest BCUT2D eigenvalue weighted by atomic mass is 10.1. The third-order valence-electron chi connectivity index (χ3n) is 4.25. The van der Waals surface area contributed by atoms with E-state index in [2.05, 4.69) is 29.8 Å². The lowest BCUT2D eigenvalue weighted by Crippen LogP contribution is -2.24. The Morgan fingerprint density at radius 1 is 1.12 bits per heavy atom. The average molecular weight is 321 g/mol. The average Bonchev–Trinajstić information content (AvgIpc) is 3.24. The van der Waals surface area contributed by atoms with Crippen molar-refractivity contribution in [3.8, 4) is 11.5 Å². The molecule has 3 aromatic rings. The van der Waals surface area contributed by atoms with E-state index in [1.165, 1.54) is 0 Å². The number of H-pyrrole nitrogens is 1. The molecule has 0 saturated carbocycles. The number of nitrogens with one attached hydrogen (secondary N) is 1. The summed E-state index contributed by atoms with van der Waals surface area (Å²) in [4.78, 5) is 27.8. The van der Waals surface area contributed by atoms with Crippen molar-refractivity contribution in [3.05, 3.63) is 48.1 Å². The fourth-order valence-electron chi connectivity index (χ4n) is 3.15. The van der Waals surface area contributed by atoms with Crippen LogP contribution in [0.4, 0.5) is 5.82 Å². The number of anilines is 1. The standard InChI is InChI=1S/C17H19N7/c1-11-8-20-17(21-11)14-10-18-9-13(23-14)15-4-3-7-24(15)16-5-6-19-12(2)22-16/h5-6,8-10,15H,3-4,7H2,1-2H3,(H,20,21)/t15-/m0/s1. The van der Waals surface area contributed by atoms with Gasteiger partial charge in [-0.2, -0.15) is 0 Å². The number of aromatic nitrogens is 6. The number of hydrogen-bond donors (Lipinski definition) is 1. The predicted octanol–water partition coefficient (Wildman–Crippen LogP) is 2.62. The van der Waals surface area contributed by atoms with Gasteiger partial charge in [0.2, 0.25) is 0 Å². The van der Waals surface area contributed by atoms with Crippen molar-refractivity contribution < 1.29 is 0 Å². The molecule has 4 heterocycles. The molecule has 7 heteroatoms. The molecule has 0 unspecified atom stereocenters. The maximum atomic E-state index is 4.80. The van der Waals surface area contributed by atoms with E-state index in [1.54, 1.807) is 18.6 Å². The van der Waals surface area contributed by atoms with E-state index in [0.717, 1.165) is 53.9 Å². The summed E-state index contributed by atoms with van der Waals surface area (Å²) < 4.78 is 0. The Bertz CT molecular complexity index is 857. The summed E-state index contributed by atoms with van der Waals surface area (Å²) in [5, 5.41) is 0. The van der Waals surface area contributed by atoms with Gasteiger partial charge in [-0.05, 0) is 32.8 Å². The third kappa shape index (κ3) is 2.73. The minimum Gasteiger partial charge on any atom is -0.348 e. The normalized spacial score (nSPS) is 17.4. The second-order valence-corrected chi connectivity index (χ2v) is 6.06. The van der Waals surface area contributed by atoms with Crippen LogP contribution in [0.2, 0.25) is 0 Å². The summed E-state index contributed by atoms with van der Waals surface area (Å²) in [5.41, 5.74) is 2.73. The first kappa shape index (κ1) is 14.7.